The topological polar surface area (TPSA) is 37.4 Å². The zero-order valence-electron chi connectivity index (χ0n) is 10.5. The van der Waals surface area contributed by atoms with Crippen LogP contribution in [0.2, 0.25) is 5.02 Å². The Balaban J connectivity index is 1.97. The molecule has 98 valence electrons. The van der Waals surface area contributed by atoms with E-state index in [1.165, 1.54) is 5.69 Å². The molecule has 2 aliphatic rings. The van der Waals surface area contributed by atoms with E-state index < -0.39 is 0 Å². The number of anilines is 1. The van der Waals surface area contributed by atoms with Gasteiger partial charge < -0.3 is 15.0 Å². The molecule has 0 amide bonds. The SMILES string of the molecule is CNCC1Cc2ncc(Cl)cc2N2CCOCC12. The number of morpholine rings is 1. The Morgan fingerprint density at radius 2 is 2.50 bits per heavy atom. The van der Waals surface area contributed by atoms with Gasteiger partial charge in [-0.3, -0.25) is 4.98 Å². The van der Waals surface area contributed by atoms with Crippen LogP contribution in [0.5, 0.6) is 0 Å². The first-order valence-corrected chi connectivity index (χ1v) is 6.81. The Hall–Kier alpha value is -0.840. The van der Waals surface area contributed by atoms with Crippen LogP contribution in [0.1, 0.15) is 5.69 Å². The van der Waals surface area contributed by atoms with Gasteiger partial charge in [-0.2, -0.15) is 0 Å². The van der Waals surface area contributed by atoms with E-state index >= 15 is 0 Å². The van der Waals surface area contributed by atoms with Gasteiger partial charge in [-0.25, -0.2) is 0 Å². The zero-order chi connectivity index (χ0) is 12.5. The lowest BCUT2D eigenvalue weighted by Gasteiger charge is -2.45. The molecule has 5 heteroatoms. The summed E-state index contributed by atoms with van der Waals surface area (Å²) in [4.78, 5) is 6.92. The number of rotatable bonds is 2. The molecule has 18 heavy (non-hydrogen) atoms. The number of hydrogen-bond donors (Lipinski definition) is 1. The molecule has 2 atom stereocenters. The number of halogens is 1. The minimum Gasteiger partial charge on any atom is -0.377 e. The quantitative estimate of drug-likeness (QED) is 0.877. The molecular formula is C13H18ClN3O. The molecule has 0 bridgehead atoms. The number of nitrogens with zero attached hydrogens (tertiary/aromatic N) is 2. The fraction of sp³-hybridized carbons (Fsp3) is 0.615. The maximum atomic E-state index is 6.07. The van der Waals surface area contributed by atoms with E-state index in [0.717, 1.165) is 38.4 Å². The van der Waals surface area contributed by atoms with Gasteiger partial charge in [0.15, 0.2) is 0 Å². The second-order valence-electron chi connectivity index (χ2n) is 4.98. The first kappa shape index (κ1) is 12.2. The normalized spacial score (nSPS) is 26.7. The second kappa shape index (κ2) is 5.03. The molecule has 1 fully saturated rings. The Bertz CT molecular complexity index is 440. The molecule has 2 unspecified atom stereocenters. The van der Waals surface area contributed by atoms with E-state index in [1.807, 2.05) is 13.1 Å². The van der Waals surface area contributed by atoms with Crippen LogP contribution in [0.25, 0.3) is 0 Å². The maximum Gasteiger partial charge on any atom is 0.0674 e. The highest BCUT2D eigenvalue weighted by molar-refractivity contribution is 6.30. The smallest absolute Gasteiger partial charge is 0.0674 e. The van der Waals surface area contributed by atoms with Crippen LogP contribution < -0.4 is 10.2 Å². The van der Waals surface area contributed by atoms with E-state index in [9.17, 15) is 0 Å². The van der Waals surface area contributed by atoms with E-state index in [-0.39, 0.29) is 0 Å². The summed E-state index contributed by atoms with van der Waals surface area (Å²) < 4.78 is 5.64. The summed E-state index contributed by atoms with van der Waals surface area (Å²) in [5, 5.41) is 3.99. The third-order valence-electron chi connectivity index (χ3n) is 3.85. The Labute approximate surface area is 112 Å². The first-order valence-electron chi connectivity index (χ1n) is 6.43. The van der Waals surface area contributed by atoms with Gasteiger partial charge in [0.25, 0.3) is 0 Å². The summed E-state index contributed by atoms with van der Waals surface area (Å²) in [6, 6.07) is 2.48. The highest BCUT2D eigenvalue weighted by Crippen LogP contribution is 2.35. The molecular weight excluding hydrogens is 250 g/mol. The maximum absolute atomic E-state index is 6.07. The van der Waals surface area contributed by atoms with Crippen molar-refractivity contribution in [3.63, 3.8) is 0 Å². The van der Waals surface area contributed by atoms with E-state index in [2.05, 4.69) is 15.2 Å². The molecule has 0 spiro atoms. The minimum absolute atomic E-state index is 0.443. The number of aromatic nitrogens is 1. The van der Waals surface area contributed by atoms with E-state index in [4.69, 9.17) is 16.3 Å². The minimum atomic E-state index is 0.443. The summed E-state index contributed by atoms with van der Waals surface area (Å²) in [7, 11) is 2.00. The van der Waals surface area contributed by atoms with Crippen molar-refractivity contribution in [1.29, 1.82) is 0 Å². The van der Waals surface area contributed by atoms with Crippen LogP contribution >= 0.6 is 11.6 Å². The second-order valence-corrected chi connectivity index (χ2v) is 5.41. The van der Waals surface area contributed by atoms with Crippen molar-refractivity contribution >= 4 is 17.3 Å². The molecule has 0 aliphatic carbocycles. The fourth-order valence-corrected chi connectivity index (χ4v) is 3.18. The molecule has 2 aliphatic heterocycles. The molecule has 1 saturated heterocycles. The van der Waals surface area contributed by atoms with E-state index in [1.54, 1.807) is 6.20 Å². The van der Waals surface area contributed by atoms with Crippen molar-refractivity contribution in [1.82, 2.24) is 10.3 Å². The highest BCUT2D eigenvalue weighted by atomic mass is 35.5. The Morgan fingerprint density at radius 1 is 1.61 bits per heavy atom. The molecule has 1 aromatic heterocycles. The molecule has 0 saturated carbocycles. The predicted octanol–water partition coefficient (Wildman–Crippen LogP) is 1.33. The molecule has 1 N–H and O–H groups in total. The van der Waals surface area contributed by atoms with Gasteiger partial charge in [-0.15, -0.1) is 0 Å². The van der Waals surface area contributed by atoms with Crippen LogP contribution in [0.3, 0.4) is 0 Å². The van der Waals surface area contributed by atoms with Crippen molar-refractivity contribution in [2.24, 2.45) is 5.92 Å². The van der Waals surface area contributed by atoms with Gasteiger partial charge in [0.05, 0.1) is 35.7 Å². The largest absolute Gasteiger partial charge is 0.377 e. The molecule has 1 aromatic rings. The van der Waals surface area contributed by atoms with Crippen molar-refractivity contribution in [2.75, 3.05) is 38.3 Å². The lowest BCUT2D eigenvalue weighted by atomic mass is 9.87. The summed E-state index contributed by atoms with van der Waals surface area (Å²) >= 11 is 6.07. The summed E-state index contributed by atoms with van der Waals surface area (Å²) in [6.45, 7) is 3.52. The fourth-order valence-electron chi connectivity index (χ4n) is 3.03. The van der Waals surface area contributed by atoms with Crippen LogP contribution in [0.15, 0.2) is 12.3 Å². The summed E-state index contributed by atoms with van der Waals surface area (Å²) in [5.41, 5.74) is 2.36. The van der Waals surface area contributed by atoms with Crippen LogP contribution in [0.4, 0.5) is 5.69 Å². The van der Waals surface area contributed by atoms with Crippen molar-refractivity contribution in [3.05, 3.63) is 23.0 Å². The monoisotopic (exact) mass is 267 g/mol. The summed E-state index contributed by atoms with van der Waals surface area (Å²) in [6.07, 6.45) is 2.75. The first-order chi connectivity index (χ1) is 8.79. The van der Waals surface area contributed by atoms with Gasteiger partial charge in [-0.05, 0) is 25.5 Å². The number of fused-ring (bicyclic) bond motifs is 3. The number of nitrogens with one attached hydrogen (secondary N) is 1. The van der Waals surface area contributed by atoms with Gasteiger partial charge in [-0.1, -0.05) is 11.6 Å². The lowest BCUT2D eigenvalue weighted by molar-refractivity contribution is 0.0719. The Morgan fingerprint density at radius 3 is 3.33 bits per heavy atom. The Kier molecular flexibility index (Phi) is 3.41. The standard InChI is InChI=1S/C13H18ClN3O/c1-15-6-9-4-11-12(5-10(14)7-16-11)17-2-3-18-8-13(9)17/h5,7,9,13,15H,2-4,6,8H2,1H3. The molecule has 3 rings (SSSR count). The van der Waals surface area contributed by atoms with Crippen molar-refractivity contribution in [2.45, 2.75) is 12.5 Å². The number of pyridine rings is 1. The van der Waals surface area contributed by atoms with Crippen LogP contribution in [-0.4, -0.2) is 44.4 Å². The average molecular weight is 268 g/mol. The molecule has 0 aromatic carbocycles. The third-order valence-corrected chi connectivity index (χ3v) is 4.06. The van der Waals surface area contributed by atoms with Gasteiger partial charge in [0, 0.05) is 19.3 Å². The van der Waals surface area contributed by atoms with Gasteiger partial charge in [0.1, 0.15) is 0 Å². The molecule has 4 nitrogen and oxygen atoms in total. The van der Waals surface area contributed by atoms with E-state index in [0.29, 0.717) is 17.0 Å². The zero-order valence-corrected chi connectivity index (χ0v) is 11.3. The lowest BCUT2D eigenvalue weighted by Crippen LogP contribution is -2.55. The number of ether oxygens (including phenoxy) is 1. The number of hydrogen-bond acceptors (Lipinski definition) is 4. The highest BCUT2D eigenvalue weighted by Gasteiger charge is 2.36. The van der Waals surface area contributed by atoms with Gasteiger partial charge in [0.2, 0.25) is 0 Å². The van der Waals surface area contributed by atoms with Crippen molar-refractivity contribution < 1.29 is 4.74 Å². The van der Waals surface area contributed by atoms with Crippen LogP contribution in [-0.2, 0) is 11.2 Å². The van der Waals surface area contributed by atoms with Crippen LogP contribution in [0, 0.1) is 5.92 Å². The third kappa shape index (κ3) is 2.09. The molecule has 3 heterocycles. The average Bonchev–Trinajstić information content (AvgIpc) is 2.40. The molecule has 0 radical (unpaired) electrons. The predicted molar refractivity (Wildman–Crippen MR) is 72.3 cm³/mol. The summed E-state index contributed by atoms with van der Waals surface area (Å²) in [5.74, 6) is 0.552. The van der Waals surface area contributed by atoms with Crippen molar-refractivity contribution in [3.8, 4) is 0 Å². The van der Waals surface area contributed by atoms with Gasteiger partial charge >= 0.3 is 0 Å².